The number of H-pyrrole nitrogens is 1. The molecule has 0 aliphatic heterocycles. The van der Waals surface area contributed by atoms with Crippen molar-refractivity contribution < 1.29 is 9.84 Å². The molecule has 1 aromatic heterocycles. The van der Waals surface area contributed by atoms with Crippen molar-refractivity contribution in [2.24, 2.45) is 0 Å². The third-order valence-electron chi connectivity index (χ3n) is 2.76. The van der Waals surface area contributed by atoms with E-state index >= 15 is 0 Å². The van der Waals surface area contributed by atoms with Gasteiger partial charge in [0.15, 0.2) is 0 Å². The molecule has 0 unspecified atom stereocenters. The van der Waals surface area contributed by atoms with Gasteiger partial charge in [0, 0.05) is 12.0 Å². The van der Waals surface area contributed by atoms with E-state index in [-0.39, 0.29) is 6.61 Å². The number of rotatable bonds is 5. The van der Waals surface area contributed by atoms with Crippen LogP contribution in [0.4, 0.5) is 0 Å². The molecule has 0 saturated heterocycles. The van der Waals surface area contributed by atoms with Crippen molar-refractivity contribution >= 4 is 0 Å². The molecule has 0 bridgehead atoms. The summed E-state index contributed by atoms with van der Waals surface area (Å²) in [4.78, 5) is 7.42. The van der Waals surface area contributed by atoms with Crippen LogP contribution in [0.3, 0.4) is 0 Å². The SMILES string of the molecule is CCOc1ccc(-c2cnc(CCO)[nH]2)cc1C. The molecule has 0 aliphatic carbocycles. The van der Waals surface area contributed by atoms with Crippen LogP contribution < -0.4 is 4.74 Å². The fraction of sp³-hybridized carbons (Fsp3) is 0.357. The molecular formula is C14H18N2O2. The second-order valence-corrected chi connectivity index (χ2v) is 4.13. The molecule has 2 rings (SSSR count). The summed E-state index contributed by atoms with van der Waals surface area (Å²) in [5.41, 5.74) is 3.14. The highest BCUT2D eigenvalue weighted by molar-refractivity contribution is 5.61. The third kappa shape index (κ3) is 2.71. The monoisotopic (exact) mass is 246 g/mol. The van der Waals surface area contributed by atoms with Gasteiger partial charge in [-0.2, -0.15) is 0 Å². The smallest absolute Gasteiger partial charge is 0.122 e. The summed E-state index contributed by atoms with van der Waals surface area (Å²) in [6.07, 6.45) is 2.34. The highest BCUT2D eigenvalue weighted by Crippen LogP contribution is 2.25. The number of aryl methyl sites for hydroxylation is 1. The molecule has 0 amide bonds. The van der Waals surface area contributed by atoms with Gasteiger partial charge in [0.1, 0.15) is 11.6 Å². The minimum atomic E-state index is 0.106. The first kappa shape index (κ1) is 12.6. The van der Waals surface area contributed by atoms with Crippen molar-refractivity contribution in [1.29, 1.82) is 0 Å². The second kappa shape index (κ2) is 5.69. The Hall–Kier alpha value is -1.81. The quantitative estimate of drug-likeness (QED) is 0.851. The molecule has 0 radical (unpaired) electrons. The number of nitrogens with one attached hydrogen (secondary N) is 1. The Bertz CT molecular complexity index is 520. The molecule has 1 aromatic carbocycles. The number of aromatic nitrogens is 2. The number of imidazole rings is 1. The number of benzene rings is 1. The lowest BCUT2D eigenvalue weighted by atomic mass is 10.1. The predicted octanol–water partition coefficient (Wildman–Crippen LogP) is 2.32. The minimum absolute atomic E-state index is 0.106. The van der Waals surface area contributed by atoms with Gasteiger partial charge in [-0.3, -0.25) is 0 Å². The molecule has 4 heteroatoms. The fourth-order valence-electron chi connectivity index (χ4n) is 1.88. The molecule has 0 spiro atoms. The molecule has 1 heterocycles. The van der Waals surface area contributed by atoms with Gasteiger partial charge in [-0.25, -0.2) is 4.98 Å². The molecule has 2 N–H and O–H groups in total. The van der Waals surface area contributed by atoms with E-state index in [9.17, 15) is 0 Å². The van der Waals surface area contributed by atoms with Crippen LogP contribution in [-0.4, -0.2) is 28.3 Å². The van der Waals surface area contributed by atoms with Crippen molar-refractivity contribution in [2.45, 2.75) is 20.3 Å². The average molecular weight is 246 g/mol. The van der Waals surface area contributed by atoms with E-state index in [1.165, 1.54) is 0 Å². The third-order valence-corrected chi connectivity index (χ3v) is 2.76. The fourth-order valence-corrected chi connectivity index (χ4v) is 1.88. The topological polar surface area (TPSA) is 58.1 Å². The first-order chi connectivity index (χ1) is 8.74. The van der Waals surface area contributed by atoms with E-state index in [1.807, 2.05) is 26.0 Å². The average Bonchev–Trinajstić information content (AvgIpc) is 2.81. The van der Waals surface area contributed by atoms with E-state index in [1.54, 1.807) is 6.20 Å². The summed E-state index contributed by atoms with van der Waals surface area (Å²) in [7, 11) is 0. The van der Waals surface area contributed by atoms with Crippen LogP contribution >= 0.6 is 0 Å². The summed E-state index contributed by atoms with van der Waals surface area (Å²) in [6, 6.07) is 6.05. The highest BCUT2D eigenvalue weighted by atomic mass is 16.5. The lowest BCUT2D eigenvalue weighted by Crippen LogP contribution is -1.94. The van der Waals surface area contributed by atoms with Crippen molar-refractivity contribution in [1.82, 2.24) is 9.97 Å². The molecule has 4 nitrogen and oxygen atoms in total. The summed E-state index contributed by atoms with van der Waals surface area (Å²) >= 11 is 0. The van der Waals surface area contributed by atoms with Gasteiger partial charge in [-0.1, -0.05) is 0 Å². The van der Waals surface area contributed by atoms with Crippen LogP contribution in [0.5, 0.6) is 5.75 Å². The Morgan fingerprint density at radius 2 is 2.22 bits per heavy atom. The van der Waals surface area contributed by atoms with Gasteiger partial charge in [-0.15, -0.1) is 0 Å². The maximum absolute atomic E-state index is 8.86. The van der Waals surface area contributed by atoms with E-state index < -0.39 is 0 Å². The van der Waals surface area contributed by atoms with E-state index in [4.69, 9.17) is 9.84 Å². The Kier molecular flexibility index (Phi) is 3.99. The van der Waals surface area contributed by atoms with Crippen LogP contribution in [0.25, 0.3) is 11.3 Å². The van der Waals surface area contributed by atoms with Crippen LogP contribution in [0.1, 0.15) is 18.3 Å². The Morgan fingerprint density at radius 1 is 1.39 bits per heavy atom. The van der Waals surface area contributed by atoms with E-state index in [0.29, 0.717) is 13.0 Å². The van der Waals surface area contributed by atoms with Crippen molar-refractivity contribution in [2.75, 3.05) is 13.2 Å². The van der Waals surface area contributed by atoms with Crippen LogP contribution in [-0.2, 0) is 6.42 Å². The van der Waals surface area contributed by atoms with Crippen LogP contribution in [0.2, 0.25) is 0 Å². The van der Waals surface area contributed by atoms with Gasteiger partial charge in [-0.05, 0) is 37.6 Å². The minimum Gasteiger partial charge on any atom is -0.494 e. The number of nitrogens with zero attached hydrogens (tertiary/aromatic N) is 1. The predicted molar refractivity (Wildman–Crippen MR) is 70.7 cm³/mol. The summed E-state index contributed by atoms with van der Waals surface area (Å²) in [6.45, 7) is 4.78. The second-order valence-electron chi connectivity index (χ2n) is 4.13. The standard InChI is InChI=1S/C14H18N2O2/c1-3-18-13-5-4-11(8-10(13)2)12-9-15-14(16-12)6-7-17/h4-5,8-9,17H,3,6-7H2,1-2H3,(H,15,16). The summed E-state index contributed by atoms with van der Waals surface area (Å²) in [5, 5.41) is 8.86. The molecule has 0 atom stereocenters. The number of aliphatic hydroxyl groups excluding tert-OH is 1. The normalized spacial score (nSPS) is 10.6. The zero-order valence-electron chi connectivity index (χ0n) is 10.7. The zero-order valence-corrected chi connectivity index (χ0v) is 10.7. The van der Waals surface area contributed by atoms with Crippen molar-refractivity contribution in [3.05, 3.63) is 35.8 Å². The maximum Gasteiger partial charge on any atom is 0.122 e. The van der Waals surface area contributed by atoms with Crippen molar-refractivity contribution in [3.63, 3.8) is 0 Å². The first-order valence-corrected chi connectivity index (χ1v) is 6.13. The number of hydrogen-bond acceptors (Lipinski definition) is 3. The number of hydrogen-bond donors (Lipinski definition) is 2. The van der Waals surface area contributed by atoms with Gasteiger partial charge >= 0.3 is 0 Å². The molecule has 0 saturated carbocycles. The zero-order chi connectivity index (χ0) is 13.0. The van der Waals surface area contributed by atoms with Crippen LogP contribution in [0.15, 0.2) is 24.4 Å². The molecule has 18 heavy (non-hydrogen) atoms. The molecule has 2 aromatic rings. The molecule has 0 fully saturated rings. The Morgan fingerprint density at radius 3 is 2.89 bits per heavy atom. The van der Waals surface area contributed by atoms with Gasteiger partial charge in [0.2, 0.25) is 0 Å². The van der Waals surface area contributed by atoms with Crippen LogP contribution in [0, 0.1) is 6.92 Å². The van der Waals surface area contributed by atoms with E-state index in [0.717, 1.165) is 28.4 Å². The lowest BCUT2D eigenvalue weighted by Gasteiger charge is -2.08. The largest absolute Gasteiger partial charge is 0.494 e. The number of aromatic amines is 1. The molecule has 0 aliphatic rings. The Labute approximate surface area is 107 Å². The maximum atomic E-state index is 8.86. The number of aliphatic hydroxyl groups is 1. The summed E-state index contributed by atoms with van der Waals surface area (Å²) in [5.74, 6) is 1.72. The van der Waals surface area contributed by atoms with E-state index in [2.05, 4.69) is 16.0 Å². The number of ether oxygens (including phenoxy) is 1. The highest BCUT2D eigenvalue weighted by Gasteiger charge is 2.05. The molecule has 96 valence electrons. The van der Waals surface area contributed by atoms with Gasteiger partial charge < -0.3 is 14.8 Å². The first-order valence-electron chi connectivity index (χ1n) is 6.13. The Balaban J connectivity index is 2.24. The lowest BCUT2D eigenvalue weighted by molar-refractivity contribution is 0.297. The van der Waals surface area contributed by atoms with Gasteiger partial charge in [0.05, 0.1) is 25.1 Å². The van der Waals surface area contributed by atoms with Crippen molar-refractivity contribution in [3.8, 4) is 17.0 Å². The summed E-state index contributed by atoms with van der Waals surface area (Å²) < 4.78 is 5.51. The molecular weight excluding hydrogens is 228 g/mol. The van der Waals surface area contributed by atoms with Gasteiger partial charge in [0.25, 0.3) is 0 Å².